The first-order chi connectivity index (χ1) is 16.4. The number of aryl methyl sites for hydroxylation is 1. The third-order valence-electron chi connectivity index (χ3n) is 7.91. The summed E-state index contributed by atoms with van der Waals surface area (Å²) in [6, 6.07) is 14.1. The van der Waals surface area contributed by atoms with Gasteiger partial charge < -0.3 is 4.90 Å². The average molecular weight is 487 g/mol. The Morgan fingerprint density at radius 3 is 2.32 bits per heavy atom. The number of rotatable bonds is 7. The van der Waals surface area contributed by atoms with E-state index in [-0.39, 0.29) is 11.9 Å². The van der Waals surface area contributed by atoms with Crippen molar-refractivity contribution in [2.24, 2.45) is 11.8 Å². The highest BCUT2D eigenvalue weighted by atomic mass is 32.2. The molecule has 0 aromatic heterocycles. The zero-order chi connectivity index (χ0) is 23.7. The molecule has 2 aromatic rings. The van der Waals surface area contributed by atoms with Crippen molar-refractivity contribution in [2.75, 3.05) is 57.3 Å². The van der Waals surface area contributed by atoms with E-state index in [0.29, 0.717) is 23.3 Å². The Kier molecular flexibility index (Phi) is 6.93. The van der Waals surface area contributed by atoms with Crippen molar-refractivity contribution in [3.63, 3.8) is 0 Å². The van der Waals surface area contributed by atoms with Gasteiger partial charge in [0, 0.05) is 57.5 Å². The van der Waals surface area contributed by atoms with E-state index in [9.17, 15) is 12.8 Å². The fourth-order valence-corrected chi connectivity index (χ4v) is 6.92. The van der Waals surface area contributed by atoms with Crippen LogP contribution in [0.1, 0.15) is 18.4 Å². The first-order valence-corrected chi connectivity index (χ1v) is 13.9. The summed E-state index contributed by atoms with van der Waals surface area (Å²) >= 11 is 0. The number of halogens is 1. The maximum Gasteiger partial charge on any atom is 0.240 e. The van der Waals surface area contributed by atoms with E-state index in [1.54, 1.807) is 12.1 Å². The number of piperidine rings is 3. The van der Waals surface area contributed by atoms with Gasteiger partial charge in [0.2, 0.25) is 10.0 Å². The second kappa shape index (κ2) is 9.93. The van der Waals surface area contributed by atoms with E-state index in [0.717, 1.165) is 63.5 Å². The lowest BCUT2D eigenvalue weighted by atomic mass is 9.75. The molecule has 0 radical (unpaired) electrons. The van der Waals surface area contributed by atoms with Gasteiger partial charge in [0.25, 0.3) is 0 Å². The van der Waals surface area contributed by atoms with Crippen LogP contribution in [0.5, 0.6) is 0 Å². The second-order valence-electron chi connectivity index (χ2n) is 10.1. The molecule has 34 heavy (non-hydrogen) atoms. The van der Waals surface area contributed by atoms with Gasteiger partial charge in [-0.3, -0.25) is 9.80 Å². The largest absolute Gasteiger partial charge is 0.369 e. The fraction of sp³-hybridized carbons (Fsp3) is 0.538. The Labute approximate surface area is 202 Å². The lowest BCUT2D eigenvalue weighted by Gasteiger charge is -2.51. The van der Waals surface area contributed by atoms with Crippen molar-refractivity contribution in [1.29, 1.82) is 0 Å². The molecular weight excluding hydrogens is 451 g/mol. The number of piperazine rings is 1. The minimum Gasteiger partial charge on any atom is -0.369 e. The van der Waals surface area contributed by atoms with E-state index in [1.165, 1.54) is 18.6 Å². The first kappa shape index (κ1) is 23.7. The van der Waals surface area contributed by atoms with Gasteiger partial charge in [-0.2, -0.15) is 0 Å². The lowest BCUT2D eigenvalue weighted by molar-refractivity contribution is -0.0107. The molecule has 4 fully saturated rings. The van der Waals surface area contributed by atoms with E-state index < -0.39 is 10.0 Å². The van der Waals surface area contributed by atoms with Crippen molar-refractivity contribution >= 4 is 15.7 Å². The van der Waals surface area contributed by atoms with Crippen LogP contribution in [0.25, 0.3) is 0 Å². The van der Waals surface area contributed by atoms with Gasteiger partial charge in [0.15, 0.2) is 0 Å². The highest BCUT2D eigenvalue weighted by molar-refractivity contribution is 7.89. The standard InChI is InChI=1S/C26H35FN4O2S/c1-20-2-8-26(9-3-20)34(32,33)28-17-25-16-21-10-11-31(25)19-22(21)18-29-12-14-30(15-13-29)24-6-4-23(27)5-7-24/h2-9,21-22,25,28H,10-19H2,1H3. The van der Waals surface area contributed by atoms with Crippen LogP contribution in [-0.2, 0) is 10.0 Å². The molecule has 4 aliphatic rings. The molecule has 0 spiro atoms. The summed E-state index contributed by atoms with van der Waals surface area (Å²) in [5.74, 6) is 1.12. The van der Waals surface area contributed by atoms with Crippen LogP contribution in [0, 0.1) is 24.6 Å². The molecule has 1 N–H and O–H groups in total. The Balaban J connectivity index is 1.10. The maximum absolute atomic E-state index is 13.2. The van der Waals surface area contributed by atoms with Crippen molar-refractivity contribution in [3.05, 3.63) is 59.9 Å². The molecule has 8 heteroatoms. The molecule has 4 unspecified atom stereocenters. The summed E-state index contributed by atoms with van der Waals surface area (Å²) in [6.45, 7) is 9.66. The molecule has 184 valence electrons. The highest BCUT2D eigenvalue weighted by Gasteiger charge is 2.41. The van der Waals surface area contributed by atoms with Gasteiger partial charge in [0.1, 0.15) is 5.82 Å². The van der Waals surface area contributed by atoms with E-state index in [1.807, 2.05) is 31.2 Å². The van der Waals surface area contributed by atoms with Gasteiger partial charge in [-0.15, -0.1) is 0 Å². The van der Waals surface area contributed by atoms with Crippen LogP contribution in [0.15, 0.2) is 53.4 Å². The van der Waals surface area contributed by atoms with E-state index in [2.05, 4.69) is 19.4 Å². The Hall–Kier alpha value is -2.00. The molecule has 0 saturated carbocycles. The predicted molar refractivity (Wildman–Crippen MR) is 133 cm³/mol. The Bertz CT molecular complexity index is 1070. The quantitative estimate of drug-likeness (QED) is 0.652. The van der Waals surface area contributed by atoms with E-state index in [4.69, 9.17) is 0 Å². The van der Waals surface area contributed by atoms with Crippen LogP contribution in [0.4, 0.5) is 10.1 Å². The third-order valence-corrected chi connectivity index (χ3v) is 9.35. The number of sulfonamides is 1. The number of hydrogen-bond acceptors (Lipinski definition) is 5. The number of nitrogens with zero attached hydrogens (tertiary/aromatic N) is 3. The SMILES string of the molecule is Cc1ccc(S(=O)(=O)NCC2CC3CCN2CC3CN2CCN(c3ccc(F)cc3)CC2)cc1. The summed E-state index contributed by atoms with van der Waals surface area (Å²) in [7, 11) is -3.47. The Morgan fingerprint density at radius 1 is 0.971 bits per heavy atom. The van der Waals surface area contributed by atoms with Gasteiger partial charge in [-0.05, 0) is 74.5 Å². The van der Waals surface area contributed by atoms with Crippen LogP contribution in [-0.4, -0.2) is 76.6 Å². The molecule has 0 aliphatic carbocycles. The number of fused-ring (bicyclic) bond motifs is 3. The molecule has 4 saturated heterocycles. The summed E-state index contributed by atoms with van der Waals surface area (Å²) in [4.78, 5) is 7.74. The van der Waals surface area contributed by atoms with Crippen molar-refractivity contribution in [2.45, 2.75) is 30.7 Å². The smallest absolute Gasteiger partial charge is 0.240 e. The summed E-state index contributed by atoms with van der Waals surface area (Å²) in [5.41, 5.74) is 2.15. The Morgan fingerprint density at radius 2 is 1.68 bits per heavy atom. The predicted octanol–water partition coefficient (Wildman–Crippen LogP) is 2.95. The zero-order valence-electron chi connectivity index (χ0n) is 19.9. The summed E-state index contributed by atoms with van der Waals surface area (Å²) in [5, 5.41) is 0. The van der Waals surface area contributed by atoms with Crippen molar-refractivity contribution < 1.29 is 12.8 Å². The number of anilines is 1. The molecular formula is C26H35FN4O2S. The maximum atomic E-state index is 13.2. The molecule has 2 aromatic carbocycles. The first-order valence-electron chi connectivity index (χ1n) is 12.4. The van der Waals surface area contributed by atoms with Gasteiger partial charge in [-0.1, -0.05) is 17.7 Å². The van der Waals surface area contributed by atoms with Crippen molar-refractivity contribution in [3.8, 4) is 0 Å². The summed E-state index contributed by atoms with van der Waals surface area (Å²) < 4.78 is 41.5. The van der Waals surface area contributed by atoms with Crippen LogP contribution in [0.3, 0.4) is 0 Å². The monoisotopic (exact) mass is 486 g/mol. The molecule has 4 aliphatic heterocycles. The van der Waals surface area contributed by atoms with Crippen LogP contribution < -0.4 is 9.62 Å². The second-order valence-corrected chi connectivity index (χ2v) is 11.9. The minimum atomic E-state index is -3.47. The van der Waals surface area contributed by atoms with Crippen molar-refractivity contribution in [1.82, 2.24) is 14.5 Å². The summed E-state index contributed by atoms with van der Waals surface area (Å²) in [6.07, 6.45) is 2.28. The zero-order valence-corrected chi connectivity index (χ0v) is 20.7. The number of nitrogens with one attached hydrogen (secondary N) is 1. The van der Waals surface area contributed by atoms with Crippen LogP contribution >= 0.6 is 0 Å². The molecule has 2 bridgehead atoms. The third kappa shape index (κ3) is 5.30. The lowest BCUT2D eigenvalue weighted by Crippen LogP contribution is -2.59. The normalized spacial score (nSPS) is 27.8. The molecule has 4 heterocycles. The molecule has 0 amide bonds. The van der Waals surface area contributed by atoms with Gasteiger partial charge in [0.05, 0.1) is 4.90 Å². The van der Waals surface area contributed by atoms with E-state index >= 15 is 0 Å². The molecule has 6 rings (SSSR count). The topological polar surface area (TPSA) is 55.9 Å². The fourth-order valence-electron chi connectivity index (χ4n) is 5.85. The molecule has 6 nitrogen and oxygen atoms in total. The van der Waals surface area contributed by atoms with Gasteiger partial charge in [-0.25, -0.2) is 17.5 Å². The van der Waals surface area contributed by atoms with Crippen LogP contribution in [0.2, 0.25) is 0 Å². The van der Waals surface area contributed by atoms with Gasteiger partial charge >= 0.3 is 0 Å². The number of hydrogen-bond donors (Lipinski definition) is 1. The highest BCUT2D eigenvalue weighted by Crippen LogP contribution is 2.37. The molecule has 4 atom stereocenters. The average Bonchev–Trinajstić information content (AvgIpc) is 2.85. The minimum absolute atomic E-state index is 0.189. The number of benzene rings is 2.